The number of aryl methyl sites for hydroxylation is 2. The first-order valence-electron chi connectivity index (χ1n) is 36.6. The van der Waals surface area contributed by atoms with Crippen LogP contribution in [0.15, 0.2) is 383 Å². The molecule has 13 aromatic carbocycles. The Morgan fingerprint density at radius 2 is 0.623 bits per heavy atom. The molecule has 0 aliphatic carbocycles. The Labute approximate surface area is 711 Å². The molecule has 12 nitrogen and oxygen atoms in total. The van der Waals surface area contributed by atoms with E-state index in [1.807, 2.05) is 208 Å². The molecule has 0 radical (unpaired) electrons. The van der Waals surface area contributed by atoms with E-state index < -0.39 is 0 Å². The molecule has 0 unspecified atom stereocenters. The van der Waals surface area contributed by atoms with E-state index in [-0.39, 0.29) is 60.3 Å². The number of rotatable bonds is 12. The van der Waals surface area contributed by atoms with Crippen LogP contribution in [0.5, 0.6) is 0 Å². The third-order valence-corrected chi connectivity index (χ3v) is 18.3. The minimum atomic E-state index is 0. The molecule has 0 saturated carbocycles. The Bertz CT molecular complexity index is 5310. The summed E-state index contributed by atoms with van der Waals surface area (Å²) in [6.45, 7) is 10.2. The van der Waals surface area contributed by atoms with Gasteiger partial charge in [0, 0.05) is 41.9 Å². The van der Waals surface area contributed by atoms with Crippen LogP contribution in [-0.4, -0.2) is 60.3 Å². The van der Waals surface area contributed by atoms with Crippen LogP contribution in [0.4, 0.5) is 28.4 Å². The molecule has 6 heterocycles. The molecule has 0 amide bonds. The number of fused-ring (bicyclic) bond motifs is 1. The average Bonchev–Trinajstić information content (AvgIpc) is 1.64. The van der Waals surface area contributed by atoms with Crippen molar-refractivity contribution >= 4 is 28.4 Å². The first kappa shape index (κ1) is 82.7. The minimum absolute atomic E-state index is 0. The van der Waals surface area contributed by atoms with E-state index in [1.165, 1.54) is 78.1 Å². The molecule has 0 saturated heterocycles. The predicted octanol–water partition coefficient (Wildman–Crippen LogP) is 22.5. The van der Waals surface area contributed by atoms with E-state index in [0.29, 0.717) is 0 Å². The zero-order chi connectivity index (χ0) is 75.9. The van der Waals surface area contributed by atoms with Crippen molar-refractivity contribution in [3.05, 3.63) is 451 Å². The summed E-state index contributed by atoms with van der Waals surface area (Å²) in [5.74, 6) is 0. The van der Waals surface area contributed by atoms with Gasteiger partial charge in [-0.1, -0.05) is 193 Å². The summed E-state index contributed by atoms with van der Waals surface area (Å²) in [4.78, 5) is 12.5. The molecule has 0 atom stereocenters. The van der Waals surface area contributed by atoms with Crippen molar-refractivity contribution in [2.75, 3.05) is 40.7 Å². The summed E-state index contributed by atoms with van der Waals surface area (Å²) in [5, 5.41) is 12.5. The van der Waals surface area contributed by atoms with Gasteiger partial charge >= 0.3 is 60.3 Å². The van der Waals surface area contributed by atoms with Gasteiger partial charge in [-0.2, -0.15) is 163 Å². The molecule has 15 heteroatoms. The number of hydrogen-bond acceptors (Lipinski definition) is 9. The number of para-hydroxylation sites is 5. The molecule has 0 bridgehead atoms. The largest absolute Gasteiger partial charge is 3.00 e. The maximum absolute atomic E-state index is 4.37. The normalized spacial score (nSPS) is 11.9. The molecule has 16 aromatic rings. The Balaban J connectivity index is 0.000000139. The van der Waals surface area contributed by atoms with Crippen molar-refractivity contribution in [1.29, 1.82) is 0 Å². The smallest absolute Gasteiger partial charge is 0.510 e. The second-order valence-corrected chi connectivity index (χ2v) is 26.3. The van der Waals surface area contributed by atoms with E-state index >= 15 is 0 Å². The molecule has 0 spiro atoms. The van der Waals surface area contributed by atoms with Gasteiger partial charge in [0.05, 0.1) is 5.69 Å². The van der Waals surface area contributed by atoms with Gasteiger partial charge in [0.1, 0.15) is 0 Å². The van der Waals surface area contributed by atoms with E-state index in [2.05, 4.69) is 303 Å². The first-order valence-corrected chi connectivity index (χ1v) is 36.6. The van der Waals surface area contributed by atoms with E-state index in [0.717, 1.165) is 45.5 Å². The van der Waals surface area contributed by atoms with E-state index in [4.69, 9.17) is 0 Å². The van der Waals surface area contributed by atoms with Crippen molar-refractivity contribution in [2.24, 2.45) is 0 Å². The van der Waals surface area contributed by atoms with Crippen molar-refractivity contribution < 1.29 is 60.3 Å². The number of hydrogen-bond donors (Lipinski definition) is 0. The average molecular weight is 2020 g/mol. The van der Waals surface area contributed by atoms with Crippen molar-refractivity contribution in [3.63, 3.8) is 0 Å². The Morgan fingerprint density at radius 1 is 0.289 bits per heavy atom. The number of aromatic nitrogens is 6. The van der Waals surface area contributed by atoms with Crippen LogP contribution in [0.1, 0.15) is 11.4 Å². The van der Waals surface area contributed by atoms with Gasteiger partial charge in [-0.15, -0.1) is 70.2 Å². The van der Waals surface area contributed by atoms with E-state index in [1.54, 1.807) is 21.8 Å². The van der Waals surface area contributed by atoms with Gasteiger partial charge in [-0.25, -0.2) is 0 Å². The first-order chi connectivity index (χ1) is 54.6. The maximum atomic E-state index is 4.37. The third kappa shape index (κ3) is 21.9. The molecule has 114 heavy (non-hydrogen) atoms. The SMILES string of the molecule is CN1C=CN(c2[c-]cc(-c3ccc(-c4ccccc4)cc3)cc2)[CH-]1.CN1C=CN(c2[c-]cc(-c3ccc(-c4ccccc4)cc3)cc2)[CH-]1.CN1[CH-]N(c2[c-]cc(-c3ccc(-c4ccccc4)cc3)cc2)c2ccccc21.Cc1cc(C)n(-c2[c-]cccc2)n1.[Ir+3].[Ir+3].[Ir+3].[c-]1ccccc1-n1cccn1.[c-]1ccccc1-n1cccn1. The van der Waals surface area contributed by atoms with Crippen LogP contribution in [-0.2, 0) is 60.3 Å². The van der Waals surface area contributed by atoms with Crippen LogP contribution in [0.25, 0.3) is 83.8 Å². The molecular formula is C99H81Ir3N12. The van der Waals surface area contributed by atoms with Crippen LogP contribution in [0, 0.1) is 70.3 Å². The summed E-state index contributed by atoms with van der Waals surface area (Å²) in [6, 6.07) is 133. The second kappa shape index (κ2) is 41.3. The fourth-order valence-corrected chi connectivity index (χ4v) is 12.6. The van der Waals surface area contributed by atoms with Crippen molar-refractivity contribution in [1.82, 2.24) is 39.1 Å². The van der Waals surface area contributed by atoms with Gasteiger partial charge in [-0.3, -0.25) is 14.0 Å². The van der Waals surface area contributed by atoms with Gasteiger partial charge in [0.15, 0.2) is 0 Å². The third-order valence-electron chi connectivity index (χ3n) is 18.3. The van der Waals surface area contributed by atoms with E-state index in [9.17, 15) is 0 Å². The van der Waals surface area contributed by atoms with Gasteiger partial charge in [0.25, 0.3) is 0 Å². The molecule has 3 aliphatic rings. The maximum Gasteiger partial charge on any atom is 3.00 e. The molecule has 564 valence electrons. The molecule has 0 fully saturated rings. The zero-order valence-corrected chi connectivity index (χ0v) is 70.7. The van der Waals surface area contributed by atoms with Crippen LogP contribution in [0.3, 0.4) is 0 Å². The topological polar surface area (TPSA) is 72.9 Å². The summed E-state index contributed by atoms with van der Waals surface area (Å²) in [5.41, 5.74) is 25.2. The molecule has 0 N–H and O–H groups in total. The minimum Gasteiger partial charge on any atom is -0.510 e. The predicted molar refractivity (Wildman–Crippen MR) is 454 cm³/mol. The second-order valence-electron chi connectivity index (χ2n) is 26.3. The van der Waals surface area contributed by atoms with Gasteiger partial charge in [0.2, 0.25) is 0 Å². The fourth-order valence-electron chi connectivity index (χ4n) is 12.6. The quantitative estimate of drug-likeness (QED) is 0.111. The molecule has 3 aromatic heterocycles. The Hall–Kier alpha value is -12.3. The summed E-state index contributed by atoms with van der Waals surface area (Å²) < 4.78 is 5.45. The van der Waals surface area contributed by atoms with Crippen LogP contribution < -0.4 is 19.6 Å². The van der Waals surface area contributed by atoms with Crippen LogP contribution in [0.2, 0.25) is 0 Å². The summed E-state index contributed by atoms with van der Waals surface area (Å²) in [6.07, 6.45) is 15.4. The zero-order valence-electron chi connectivity index (χ0n) is 63.5. The monoisotopic (exact) mass is 2020 g/mol. The summed E-state index contributed by atoms with van der Waals surface area (Å²) >= 11 is 0. The number of benzene rings is 13. The van der Waals surface area contributed by atoms with Gasteiger partial charge in [-0.05, 0) is 141 Å². The van der Waals surface area contributed by atoms with Crippen molar-refractivity contribution in [3.8, 4) is 83.8 Å². The van der Waals surface area contributed by atoms with Crippen LogP contribution >= 0.6 is 0 Å². The summed E-state index contributed by atoms with van der Waals surface area (Å²) in [7, 11) is 6.10. The molecule has 3 aliphatic heterocycles. The van der Waals surface area contributed by atoms with Crippen molar-refractivity contribution in [2.45, 2.75) is 13.8 Å². The number of nitrogens with zero attached hydrogens (tertiary/aromatic N) is 12. The fraction of sp³-hybridized carbons (Fsp3) is 0.0505. The molecule has 19 rings (SSSR count). The standard InChI is InChI=1S/C26H20N2.2C22H18N2.C11H11N2.2C9H7N2.3Ir/c1-27-19-28(26-10-6-5-9-25(26)27)24-17-15-23(16-18-24)22-13-11-21(12-14-22)20-7-3-2-4-8-20;2*1-23-15-16-24(17-23)22-13-11-21(12-14-22)20-9-7-19(8-10-20)18-5-3-2-4-6-18;1-9-8-10(2)13(12-9)11-6-4-3-5-7-11;2*1-2-5-9(6-3-1)11-8-4-7-10-11;;;/h2-17,19H,1H3;2*2-13,15-17H,1H3;3-6,8H,1-2H3;2*1-5,7-8H;;;/q3*-2;3*-1;3*+3. The molecular weight excluding hydrogens is 1930 g/mol. The van der Waals surface area contributed by atoms with Gasteiger partial charge < -0.3 is 29.4 Å². The Kier molecular flexibility index (Phi) is 30.0. The Morgan fingerprint density at radius 3 is 0.939 bits per heavy atom. The number of anilines is 5.